The maximum Gasteiger partial charge on any atom is 0.226 e. The molecule has 4 bridgehead atoms. The second-order valence-corrected chi connectivity index (χ2v) is 10.4. The first-order valence-corrected chi connectivity index (χ1v) is 11.6. The molecule has 4 aliphatic carbocycles. The summed E-state index contributed by atoms with van der Waals surface area (Å²) in [5.41, 5.74) is 2.51. The second kappa shape index (κ2) is 6.78. The number of benzene rings is 1. The third-order valence-electron chi connectivity index (χ3n) is 7.29. The van der Waals surface area contributed by atoms with Gasteiger partial charge in [-0.05, 0) is 74.0 Å². The third-order valence-corrected chi connectivity index (χ3v) is 8.23. The van der Waals surface area contributed by atoms with E-state index in [0.29, 0.717) is 12.5 Å². The van der Waals surface area contributed by atoms with Gasteiger partial charge in [0.05, 0.1) is 0 Å². The lowest BCUT2D eigenvalue weighted by molar-refractivity contribution is -0.146. The molecule has 140 valence electrons. The summed E-state index contributed by atoms with van der Waals surface area (Å²) in [5, 5.41) is 3.30. The van der Waals surface area contributed by atoms with Gasteiger partial charge in [-0.15, -0.1) is 0 Å². The summed E-state index contributed by atoms with van der Waals surface area (Å²) in [6.07, 6.45) is 7.62. The van der Waals surface area contributed by atoms with Crippen LogP contribution in [-0.2, 0) is 11.3 Å². The minimum atomic E-state index is -0.0276. The van der Waals surface area contributed by atoms with E-state index in [1.807, 2.05) is 11.8 Å². The lowest BCUT2D eigenvalue weighted by Crippen LogP contribution is -2.53. The van der Waals surface area contributed by atoms with Gasteiger partial charge >= 0.3 is 0 Å². The average Bonchev–Trinajstić information content (AvgIpc) is 2.66. The molecule has 4 saturated carbocycles. The monoisotopic (exact) mass is 370 g/mol. The highest BCUT2D eigenvalue weighted by atomic mass is 32.2. The number of anilines is 1. The molecule has 0 spiro atoms. The van der Waals surface area contributed by atoms with Crippen molar-refractivity contribution in [3.05, 3.63) is 29.8 Å². The van der Waals surface area contributed by atoms with Crippen LogP contribution in [0.25, 0.3) is 0 Å². The highest BCUT2D eigenvalue weighted by Gasteiger charge is 2.54. The Morgan fingerprint density at radius 2 is 1.58 bits per heavy atom. The Morgan fingerprint density at radius 1 is 1.00 bits per heavy atom. The van der Waals surface area contributed by atoms with Crippen LogP contribution < -0.4 is 10.2 Å². The van der Waals surface area contributed by atoms with E-state index in [4.69, 9.17) is 0 Å². The maximum atomic E-state index is 13.1. The van der Waals surface area contributed by atoms with Gasteiger partial charge in [0.25, 0.3) is 0 Å². The third kappa shape index (κ3) is 3.15. The van der Waals surface area contributed by atoms with Crippen molar-refractivity contribution >= 4 is 23.4 Å². The van der Waals surface area contributed by atoms with E-state index >= 15 is 0 Å². The van der Waals surface area contributed by atoms with Crippen molar-refractivity contribution in [3.63, 3.8) is 0 Å². The van der Waals surface area contributed by atoms with Crippen LogP contribution in [0.3, 0.4) is 0 Å². The maximum absolute atomic E-state index is 13.1. The number of carbonyl (C=O) groups is 1. The summed E-state index contributed by atoms with van der Waals surface area (Å²) in [6.45, 7) is 2.97. The number of hydrogen-bond acceptors (Lipinski definition) is 3. The first-order valence-electron chi connectivity index (χ1n) is 10.4. The standard InChI is InChI=1S/C22H30N2OS/c25-21(22-12-17-9-18(13-22)11-19(10-17)14-22)23-15-16-1-3-20(4-2-16)24-5-7-26-8-6-24/h1-4,17-19H,5-15H2,(H,23,25). The Balaban J connectivity index is 1.20. The first-order chi connectivity index (χ1) is 12.7. The highest BCUT2D eigenvalue weighted by molar-refractivity contribution is 7.99. The molecule has 3 nitrogen and oxygen atoms in total. The minimum absolute atomic E-state index is 0.0276. The zero-order valence-electron chi connectivity index (χ0n) is 15.6. The van der Waals surface area contributed by atoms with E-state index in [2.05, 4.69) is 34.5 Å². The summed E-state index contributed by atoms with van der Waals surface area (Å²) in [5.74, 6) is 5.27. The van der Waals surface area contributed by atoms with Gasteiger partial charge in [-0.2, -0.15) is 11.8 Å². The predicted octanol–water partition coefficient (Wildman–Crippen LogP) is 4.07. The van der Waals surface area contributed by atoms with E-state index in [9.17, 15) is 4.79 Å². The molecule has 5 aliphatic rings. The lowest BCUT2D eigenvalue weighted by atomic mass is 9.49. The van der Waals surface area contributed by atoms with E-state index in [1.165, 1.54) is 42.0 Å². The van der Waals surface area contributed by atoms with Crippen molar-refractivity contribution in [2.75, 3.05) is 29.5 Å². The highest BCUT2D eigenvalue weighted by Crippen LogP contribution is 2.60. The molecule has 5 fully saturated rings. The van der Waals surface area contributed by atoms with Gasteiger partial charge in [-0.1, -0.05) is 12.1 Å². The van der Waals surface area contributed by atoms with Crippen LogP contribution in [-0.4, -0.2) is 30.5 Å². The molecule has 1 saturated heterocycles. The van der Waals surface area contributed by atoms with Crippen LogP contribution in [0.4, 0.5) is 5.69 Å². The molecular weight excluding hydrogens is 340 g/mol. The summed E-state index contributed by atoms with van der Waals surface area (Å²) in [4.78, 5) is 15.5. The number of rotatable bonds is 4. The molecule has 0 radical (unpaired) electrons. The van der Waals surface area contributed by atoms with Crippen molar-refractivity contribution in [2.24, 2.45) is 23.2 Å². The van der Waals surface area contributed by atoms with Gasteiger partial charge in [0.1, 0.15) is 0 Å². The van der Waals surface area contributed by atoms with Gasteiger partial charge in [0.2, 0.25) is 5.91 Å². The summed E-state index contributed by atoms with van der Waals surface area (Å²) in [7, 11) is 0. The van der Waals surface area contributed by atoms with Crippen molar-refractivity contribution in [3.8, 4) is 0 Å². The van der Waals surface area contributed by atoms with Crippen LogP contribution in [0.15, 0.2) is 24.3 Å². The molecule has 1 aliphatic heterocycles. The van der Waals surface area contributed by atoms with E-state index in [1.54, 1.807) is 0 Å². The topological polar surface area (TPSA) is 32.3 Å². The normalized spacial score (nSPS) is 35.5. The van der Waals surface area contributed by atoms with E-state index in [-0.39, 0.29) is 5.41 Å². The fourth-order valence-electron chi connectivity index (χ4n) is 6.40. The Bertz CT molecular complexity index is 630. The Hall–Kier alpha value is -1.16. The van der Waals surface area contributed by atoms with Crippen LogP contribution >= 0.6 is 11.8 Å². The van der Waals surface area contributed by atoms with Crippen LogP contribution in [0, 0.1) is 23.2 Å². The van der Waals surface area contributed by atoms with Crippen molar-refractivity contribution in [1.82, 2.24) is 5.32 Å². The van der Waals surface area contributed by atoms with E-state index in [0.717, 1.165) is 50.1 Å². The van der Waals surface area contributed by atoms with Gasteiger partial charge in [0, 0.05) is 42.2 Å². The molecule has 1 aromatic rings. The average molecular weight is 371 g/mol. The quantitative estimate of drug-likeness (QED) is 0.867. The zero-order chi connectivity index (χ0) is 17.6. The number of nitrogens with one attached hydrogen (secondary N) is 1. The smallest absolute Gasteiger partial charge is 0.226 e. The van der Waals surface area contributed by atoms with Crippen LogP contribution in [0.1, 0.15) is 44.1 Å². The van der Waals surface area contributed by atoms with Crippen molar-refractivity contribution < 1.29 is 4.79 Å². The SMILES string of the molecule is O=C(NCc1ccc(N2CCSCC2)cc1)C12CC3CC(CC(C3)C1)C2. The molecule has 0 aromatic heterocycles. The van der Waals surface area contributed by atoms with Crippen LogP contribution in [0.5, 0.6) is 0 Å². The van der Waals surface area contributed by atoms with Gasteiger partial charge in [0.15, 0.2) is 0 Å². The molecule has 1 N–H and O–H groups in total. The van der Waals surface area contributed by atoms with Gasteiger partial charge in [-0.25, -0.2) is 0 Å². The molecular formula is C22H30N2OS. The molecule has 4 heteroatoms. The van der Waals surface area contributed by atoms with E-state index < -0.39 is 0 Å². The second-order valence-electron chi connectivity index (χ2n) is 9.15. The summed E-state index contributed by atoms with van der Waals surface area (Å²) < 4.78 is 0. The Morgan fingerprint density at radius 3 is 2.15 bits per heavy atom. The molecule has 0 unspecified atom stereocenters. The fraction of sp³-hybridized carbons (Fsp3) is 0.682. The molecule has 26 heavy (non-hydrogen) atoms. The molecule has 6 rings (SSSR count). The molecule has 1 aromatic carbocycles. The number of amides is 1. The summed E-state index contributed by atoms with van der Waals surface area (Å²) >= 11 is 2.04. The molecule has 1 heterocycles. The zero-order valence-corrected chi connectivity index (χ0v) is 16.4. The Labute approximate surface area is 161 Å². The van der Waals surface area contributed by atoms with Gasteiger partial charge < -0.3 is 10.2 Å². The van der Waals surface area contributed by atoms with Gasteiger partial charge in [-0.3, -0.25) is 4.79 Å². The molecule has 1 amide bonds. The van der Waals surface area contributed by atoms with Crippen molar-refractivity contribution in [2.45, 2.75) is 45.1 Å². The number of carbonyl (C=O) groups excluding carboxylic acids is 1. The lowest BCUT2D eigenvalue weighted by Gasteiger charge is -2.55. The molecule has 0 atom stereocenters. The first kappa shape index (κ1) is 17.0. The number of nitrogens with zero attached hydrogens (tertiary/aromatic N) is 1. The predicted molar refractivity (Wildman–Crippen MR) is 108 cm³/mol. The van der Waals surface area contributed by atoms with Crippen molar-refractivity contribution in [1.29, 1.82) is 0 Å². The Kier molecular flexibility index (Phi) is 4.42. The number of hydrogen-bond donors (Lipinski definition) is 1. The van der Waals surface area contributed by atoms with Crippen LogP contribution in [0.2, 0.25) is 0 Å². The summed E-state index contributed by atoms with van der Waals surface area (Å²) in [6, 6.07) is 8.83. The fourth-order valence-corrected chi connectivity index (χ4v) is 7.31. The number of thioether (sulfide) groups is 1. The minimum Gasteiger partial charge on any atom is -0.370 e. The largest absolute Gasteiger partial charge is 0.370 e.